The minimum absolute atomic E-state index is 0.239. The summed E-state index contributed by atoms with van der Waals surface area (Å²) in [5.74, 6) is -1.72. The summed E-state index contributed by atoms with van der Waals surface area (Å²) in [5, 5.41) is 19.0. The van der Waals surface area contributed by atoms with Crippen LogP contribution in [0.5, 0.6) is 0 Å². The molecule has 8 heteroatoms. The van der Waals surface area contributed by atoms with Gasteiger partial charge in [0.2, 0.25) is 0 Å². The molecule has 2 rings (SSSR count). The molecule has 1 aromatic rings. The number of benzene rings is 1. The predicted octanol–water partition coefficient (Wildman–Crippen LogP) is 1.27. The SMILES string of the molecule is CC(=C/c1ccccc1)/C=C1/SC(=S)N(CC(=O)[O-])C1=O.C[N+](C)(C)CCO. The van der Waals surface area contributed by atoms with Crippen LogP contribution in [0.4, 0.5) is 0 Å². The summed E-state index contributed by atoms with van der Waals surface area (Å²) >= 11 is 6.11. The zero-order chi connectivity index (χ0) is 21.3. The number of carboxylic acids is 1. The maximum Gasteiger partial charge on any atom is 0.266 e. The highest BCUT2D eigenvalue weighted by molar-refractivity contribution is 8.26. The van der Waals surface area contributed by atoms with Gasteiger partial charge in [0.05, 0.1) is 45.2 Å². The lowest BCUT2D eigenvalue weighted by atomic mass is 10.1. The fourth-order valence-corrected chi connectivity index (χ4v) is 3.43. The number of thiocarbonyl (C=S) groups is 1. The van der Waals surface area contributed by atoms with Crippen molar-refractivity contribution in [3.05, 3.63) is 52.4 Å². The number of rotatable bonds is 6. The van der Waals surface area contributed by atoms with Gasteiger partial charge in [0, 0.05) is 0 Å². The molecule has 0 saturated carbocycles. The van der Waals surface area contributed by atoms with Gasteiger partial charge in [-0.2, -0.15) is 0 Å². The van der Waals surface area contributed by atoms with E-state index in [9.17, 15) is 14.7 Å². The number of aliphatic carboxylic acids is 1. The number of aliphatic hydroxyl groups excluding tert-OH is 1. The zero-order valence-corrected chi connectivity index (χ0v) is 18.2. The van der Waals surface area contributed by atoms with Crippen LogP contribution in [-0.2, 0) is 9.59 Å². The van der Waals surface area contributed by atoms with E-state index in [-0.39, 0.29) is 10.9 Å². The molecule has 1 saturated heterocycles. The lowest BCUT2D eigenvalue weighted by Crippen LogP contribution is -2.40. The summed E-state index contributed by atoms with van der Waals surface area (Å²) in [6.07, 6.45) is 3.65. The van der Waals surface area contributed by atoms with Gasteiger partial charge in [-0.05, 0) is 24.1 Å². The summed E-state index contributed by atoms with van der Waals surface area (Å²) in [5.41, 5.74) is 1.91. The molecular formula is C20H26N2O4S2. The fraction of sp³-hybridized carbons (Fsp3) is 0.350. The number of nitrogens with zero attached hydrogens (tertiary/aromatic N) is 2. The molecule has 0 spiro atoms. The van der Waals surface area contributed by atoms with E-state index in [0.717, 1.165) is 38.8 Å². The molecule has 1 aliphatic heterocycles. The average molecular weight is 423 g/mol. The molecule has 1 N–H and O–H groups in total. The number of amides is 1. The Morgan fingerprint density at radius 1 is 1.29 bits per heavy atom. The van der Waals surface area contributed by atoms with Crippen LogP contribution in [0.2, 0.25) is 0 Å². The smallest absolute Gasteiger partial charge is 0.266 e. The van der Waals surface area contributed by atoms with Gasteiger partial charge in [-0.3, -0.25) is 9.69 Å². The molecule has 0 aliphatic carbocycles. The van der Waals surface area contributed by atoms with E-state index in [2.05, 4.69) is 21.1 Å². The first-order valence-corrected chi connectivity index (χ1v) is 9.86. The molecule has 0 radical (unpaired) electrons. The van der Waals surface area contributed by atoms with Crippen molar-refractivity contribution in [2.75, 3.05) is 40.8 Å². The van der Waals surface area contributed by atoms with Crippen molar-refractivity contribution in [1.29, 1.82) is 0 Å². The van der Waals surface area contributed by atoms with Crippen LogP contribution < -0.4 is 5.11 Å². The molecule has 0 bridgehead atoms. The Morgan fingerprint density at radius 2 is 1.89 bits per heavy atom. The van der Waals surface area contributed by atoms with Crippen LogP contribution in [0.3, 0.4) is 0 Å². The molecule has 1 aromatic carbocycles. The summed E-state index contributed by atoms with van der Waals surface area (Å²) in [7, 11) is 6.16. The molecule has 0 aromatic heterocycles. The first kappa shape index (κ1) is 24.0. The predicted molar refractivity (Wildman–Crippen MR) is 115 cm³/mol. The Morgan fingerprint density at radius 3 is 2.36 bits per heavy atom. The second-order valence-electron chi connectivity index (χ2n) is 7.18. The van der Waals surface area contributed by atoms with Gasteiger partial charge in [-0.1, -0.05) is 60.4 Å². The second kappa shape index (κ2) is 11.1. The molecule has 152 valence electrons. The van der Waals surface area contributed by atoms with Crippen LogP contribution >= 0.6 is 24.0 Å². The van der Waals surface area contributed by atoms with Gasteiger partial charge in [0.25, 0.3) is 5.91 Å². The topological polar surface area (TPSA) is 80.7 Å². The minimum Gasteiger partial charge on any atom is -0.548 e. The largest absolute Gasteiger partial charge is 0.548 e. The van der Waals surface area contributed by atoms with Gasteiger partial charge in [-0.25, -0.2) is 0 Å². The molecule has 1 heterocycles. The molecule has 1 aliphatic rings. The van der Waals surface area contributed by atoms with Gasteiger partial charge in [0.15, 0.2) is 0 Å². The van der Waals surface area contributed by atoms with E-state index in [1.54, 1.807) is 6.08 Å². The summed E-state index contributed by atoms with van der Waals surface area (Å²) < 4.78 is 1.08. The number of carboxylic acid groups (broad SMARTS) is 1. The van der Waals surface area contributed by atoms with Crippen LogP contribution in [0.15, 0.2) is 46.9 Å². The van der Waals surface area contributed by atoms with E-state index in [1.807, 2.05) is 43.3 Å². The van der Waals surface area contributed by atoms with Crippen molar-refractivity contribution in [2.24, 2.45) is 0 Å². The Balaban J connectivity index is 0.000000480. The van der Waals surface area contributed by atoms with Gasteiger partial charge < -0.3 is 19.5 Å². The molecular weight excluding hydrogens is 396 g/mol. The highest BCUT2D eigenvalue weighted by Gasteiger charge is 2.31. The average Bonchev–Trinajstić information content (AvgIpc) is 2.82. The number of carbonyl (C=O) groups is 2. The third-order valence-corrected chi connectivity index (χ3v) is 4.86. The first-order valence-electron chi connectivity index (χ1n) is 8.63. The molecule has 1 amide bonds. The van der Waals surface area contributed by atoms with Gasteiger partial charge >= 0.3 is 0 Å². The zero-order valence-electron chi connectivity index (χ0n) is 16.5. The van der Waals surface area contributed by atoms with E-state index in [1.165, 1.54) is 0 Å². The lowest BCUT2D eigenvalue weighted by Gasteiger charge is -2.21. The van der Waals surface area contributed by atoms with Gasteiger partial charge in [-0.15, -0.1) is 0 Å². The Bertz CT molecular complexity index is 768. The third-order valence-electron chi connectivity index (χ3n) is 3.48. The van der Waals surface area contributed by atoms with Crippen molar-refractivity contribution in [2.45, 2.75) is 6.92 Å². The minimum atomic E-state index is -1.33. The summed E-state index contributed by atoms with van der Waals surface area (Å²) in [4.78, 5) is 24.1. The van der Waals surface area contributed by atoms with E-state index in [0.29, 0.717) is 4.91 Å². The maximum absolute atomic E-state index is 12.1. The number of aliphatic hydroxyl groups is 1. The number of allylic oxidation sites excluding steroid dienone is 2. The molecule has 0 atom stereocenters. The van der Waals surface area contributed by atoms with Crippen LogP contribution in [0.25, 0.3) is 6.08 Å². The number of hydrogen-bond acceptors (Lipinski definition) is 6. The standard InChI is InChI=1S/C15H13NO3S2.C5H14NO/c1-10(7-11-5-3-2-4-6-11)8-12-14(19)16(9-13(17)18)15(20)21-12;1-6(2,3)4-5-7/h2-8H,9H2,1H3,(H,17,18);7H,4-5H2,1-3H3/q;+1/p-1/b10-7-,12-8+;. The van der Waals surface area contributed by atoms with Gasteiger partial charge in [0.1, 0.15) is 10.9 Å². The summed E-state index contributed by atoms with van der Waals surface area (Å²) in [6.45, 7) is 2.48. The van der Waals surface area contributed by atoms with Crippen molar-refractivity contribution in [3.63, 3.8) is 0 Å². The fourth-order valence-electron chi connectivity index (χ4n) is 2.13. The van der Waals surface area contributed by atoms with Crippen LogP contribution in [0, 0.1) is 0 Å². The van der Waals surface area contributed by atoms with E-state index < -0.39 is 18.4 Å². The first-order chi connectivity index (χ1) is 13.0. The number of likely N-dealkylation sites (N-methyl/N-ethyl adjacent to an activating group) is 1. The third kappa shape index (κ3) is 8.79. The molecule has 0 unspecified atom stereocenters. The molecule has 28 heavy (non-hydrogen) atoms. The van der Waals surface area contributed by atoms with Crippen molar-refractivity contribution in [3.8, 4) is 0 Å². The number of carbonyl (C=O) groups excluding carboxylic acids is 2. The maximum atomic E-state index is 12.1. The van der Waals surface area contributed by atoms with Crippen molar-refractivity contribution < 1.29 is 24.3 Å². The Hall–Kier alpha value is -2.00. The Labute approximate surface area is 175 Å². The number of thioether (sulfide) groups is 1. The highest BCUT2D eigenvalue weighted by Crippen LogP contribution is 2.31. The van der Waals surface area contributed by atoms with Crippen molar-refractivity contribution >= 4 is 46.3 Å². The summed E-state index contributed by atoms with van der Waals surface area (Å²) in [6, 6.07) is 9.70. The Kier molecular flexibility index (Phi) is 9.54. The quantitative estimate of drug-likeness (QED) is 0.422. The van der Waals surface area contributed by atoms with Crippen LogP contribution in [0.1, 0.15) is 12.5 Å². The van der Waals surface area contributed by atoms with Crippen molar-refractivity contribution in [1.82, 2.24) is 4.90 Å². The normalized spacial score (nSPS) is 16.2. The van der Waals surface area contributed by atoms with Crippen LogP contribution in [-0.4, -0.2) is 71.5 Å². The van der Waals surface area contributed by atoms with E-state index in [4.69, 9.17) is 17.3 Å². The highest BCUT2D eigenvalue weighted by atomic mass is 32.2. The second-order valence-corrected chi connectivity index (χ2v) is 8.85. The number of quaternary nitrogens is 1. The molecule has 1 fully saturated rings. The number of hydrogen-bond donors (Lipinski definition) is 1. The van der Waals surface area contributed by atoms with E-state index >= 15 is 0 Å². The monoisotopic (exact) mass is 422 g/mol. The lowest BCUT2D eigenvalue weighted by molar-refractivity contribution is -0.870. The molecule has 6 nitrogen and oxygen atoms in total.